The molecule has 2 aliphatic rings. The quantitative estimate of drug-likeness (QED) is 0.658. The minimum atomic E-state index is 0.118. The Balaban J connectivity index is 1.77. The van der Waals surface area contributed by atoms with Crippen molar-refractivity contribution in [2.24, 2.45) is 11.3 Å². The van der Waals surface area contributed by atoms with E-state index in [-0.39, 0.29) is 5.41 Å². The third kappa shape index (κ3) is 3.23. The first-order chi connectivity index (χ1) is 8.32. The average molecular weight is 240 g/mol. The molecule has 0 spiro atoms. The van der Waals surface area contributed by atoms with Crippen LogP contribution in [-0.4, -0.2) is 24.4 Å². The van der Waals surface area contributed by atoms with Gasteiger partial charge >= 0.3 is 0 Å². The Morgan fingerprint density at radius 1 is 1.18 bits per heavy atom. The maximum absolute atomic E-state index is 9.79. The van der Waals surface area contributed by atoms with Gasteiger partial charge in [-0.3, -0.25) is 0 Å². The Morgan fingerprint density at radius 2 is 1.94 bits per heavy atom. The summed E-state index contributed by atoms with van der Waals surface area (Å²) in [7, 11) is 0. The fourth-order valence-electron chi connectivity index (χ4n) is 3.34. The van der Waals surface area contributed by atoms with Gasteiger partial charge in [-0.25, -0.2) is 0 Å². The lowest BCUT2D eigenvalue weighted by Crippen LogP contribution is -2.36. The molecule has 0 radical (unpaired) electrons. The van der Waals surface area contributed by atoms with E-state index in [4.69, 9.17) is 4.74 Å². The van der Waals surface area contributed by atoms with E-state index >= 15 is 0 Å². The Bertz CT molecular complexity index is 225. The summed E-state index contributed by atoms with van der Waals surface area (Å²) >= 11 is 0. The van der Waals surface area contributed by atoms with E-state index in [0.717, 1.165) is 18.9 Å². The second-order valence-corrected chi connectivity index (χ2v) is 6.06. The van der Waals surface area contributed by atoms with Crippen molar-refractivity contribution in [3.05, 3.63) is 0 Å². The average Bonchev–Trinajstić information content (AvgIpc) is 3.10. The third-order valence-electron chi connectivity index (χ3n) is 4.64. The van der Waals surface area contributed by atoms with E-state index in [0.29, 0.717) is 12.7 Å². The molecule has 17 heavy (non-hydrogen) atoms. The first-order valence-corrected chi connectivity index (χ1v) is 7.55. The van der Waals surface area contributed by atoms with Gasteiger partial charge in [-0.2, -0.15) is 0 Å². The van der Waals surface area contributed by atoms with Crippen molar-refractivity contribution in [2.45, 2.75) is 70.8 Å². The minimum Gasteiger partial charge on any atom is -0.396 e. The topological polar surface area (TPSA) is 29.5 Å². The number of hydrogen-bond donors (Lipinski definition) is 1. The summed E-state index contributed by atoms with van der Waals surface area (Å²) in [6, 6.07) is 0. The van der Waals surface area contributed by atoms with Crippen LogP contribution in [0.15, 0.2) is 0 Å². The van der Waals surface area contributed by atoms with Crippen molar-refractivity contribution in [1.82, 2.24) is 0 Å². The normalized spacial score (nSPS) is 33.2. The van der Waals surface area contributed by atoms with Gasteiger partial charge in [0.2, 0.25) is 0 Å². The number of rotatable bonds is 8. The first kappa shape index (κ1) is 13.4. The van der Waals surface area contributed by atoms with Crippen LogP contribution in [0.2, 0.25) is 0 Å². The third-order valence-corrected chi connectivity index (χ3v) is 4.64. The lowest BCUT2D eigenvalue weighted by atomic mass is 9.75. The molecule has 1 aliphatic heterocycles. The predicted octanol–water partition coefficient (Wildman–Crippen LogP) is 3.52. The Morgan fingerprint density at radius 3 is 2.59 bits per heavy atom. The number of aliphatic hydroxyl groups excluding tert-OH is 1. The highest BCUT2D eigenvalue weighted by molar-refractivity contribution is 4.99. The number of aliphatic hydroxyl groups is 1. The molecule has 100 valence electrons. The molecular formula is C15H28O2. The Labute approximate surface area is 106 Å². The molecular weight excluding hydrogens is 212 g/mol. The molecule has 2 atom stereocenters. The van der Waals surface area contributed by atoms with Crippen LogP contribution in [0.3, 0.4) is 0 Å². The van der Waals surface area contributed by atoms with Gasteiger partial charge in [-0.15, -0.1) is 0 Å². The van der Waals surface area contributed by atoms with E-state index in [9.17, 15) is 5.11 Å². The highest BCUT2D eigenvalue weighted by Crippen LogP contribution is 2.50. The zero-order valence-electron chi connectivity index (χ0n) is 11.3. The highest BCUT2D eigenvalue weighted by atomic mass is 16.5. The summed E-state index contributed by atoms with van der Waals surface area (Å²) in [5.41, 5.74) is 0.118. The lowest BCUT2D eigenvalue weighted by molar-refractivity contribution is -0.00553. The van der Waals surface area contributed by atoms with Crippen LogP contribution < -0.4 is 0 Å². The molecule has 0 aromatic heterocycles. The van der Waals surface area contributed by atoms with Crippen LogP contribution in [-0.2, 0) is 4.74 Å². The van der Waals surface area contributed by atoms with Crippen molar-refractivity contribution in [3.8, 4) is 0 Å². The molecule has 0 amide bonds. The molecule has 0 bridgehead atoms. The standard InChI is InChI=1S/C15H28O2/c1-2-3-4-5-6-9-15(12-16)10-11-17-14(15)13-7-8-13/h13-14,16H,2-12H2,1H3. The summed E-state index contributed by atoms with van der Waals surface area (Å²) < 4.78 is 5.90. The van der Waals surface area contributed by atoms with Crippen LogP contribution >= 0.6 is 0 Å². The van der Waals surface area contributed by atoms with Crippen molar-refractivity contribution in [3.63, 3.8) is 0 Å². The molecule has 2 heteroatoms. The van der Waals surface area contributed by atoms with E-state index in [1.807, 2.05) is 0 Å². The first-order valence-electron chi connectivity index (χ1n) is 7.55. The number of unbranched alkanes of at least 4 members (excludes halogenated alkanes) is 4. The molecule has 2 fully saturated rings. The van der Waals surface area contributed by atoms with Gasteiger partial charge in [0.25, 0.3) is 0 Å². The van der Waals surface area contributed by atoms with Crippen LogP contribution in [0.4, 0.5) is 0 Å². The molecule has 1 N–H and O–H groups in total. The maximum atomic E-state index is 9.79. The smallest absolute Gasteiger partial charge is 0.0682 e. The predicted molar refractivity (Wildman–Crippen MR) is 70.0 cm³/mol. The zero-order valence-corrected chi connectivity index (χ0v) is 11.3. The van der Waals surface area contributed by atoms with Crippen molar-refractivity contribution < 1.29 is 9.84 Å². The molecule has 1 aliphatic carbocycles. The van der Waals surface area contributed by atoms with Crippen molar-refractivity contribution >= 4 is 0 Å². The highest BCUT2D eigenvalue weighted by Gasteiger charge is 2.50. The summed E-state index contributed by atoms with van der Waals surface area (Å²) in [5.74, 6) is 0.764. The van der Waals surface area contributed by atoms with E-state index in [1.54, 1.807) is 0 Å². The summed E-state index contributed by atoms with van der Waals surface area (Å²) in [5, 5.41) is 9.79. The lowest BCUT2D eigenvalue weighted by Gasteiger charge is -2.32. The van der Waals surface area contributed by atoms with Gasteiger partial charge in [0.1, 0.15) is 0 Å². The van der Waals surface area contributed by atoms with Crippen LogP contribution in [0.5, 0.6) is 0 Å². The second-order valence-electron chi connectivity index (χ2n) is 6.06. The molecule has 0 aromatic carbocycles. The fourth-order valence-corrected chi connectivity index (χ4v) is 3.34. The van der Waals surface area contributed by atoms with Crippen molar-refractivity contribution in [1.29, 1.82) is 0 Å². The molecule has 2 nitrogen and oxygen atoms in total. The van der Waals surface area contributed by atoms with Gasteiger partial charge < -0.3 is 9.84 Å². The van der Waals surface area contributed by atoms with Crippen molar-refractivity contribution in [2.75, 3.05) is 13.2 Å². The molecule has 2 unspecified atom stereocenters. The van der Waals surface area contributed by atoms with Crippen LogP contribution in [0, 0.1) is 11.3 Å². The Hall–Kier alpha value is -0.0800. The van der Waals surface area contributed by atoms with Gasteiger partial charge in [0.15, 0.2) is 0 Å². The van der Waals surface area contributed by atoms with E-state index in [1.165, 1.54) is 51.4 Å². The van der Waals surface area contributed by atoms with E-state index in [2.05, 4.69) is 6.92 Å². The Kier molecular flexibility index (Phi) is 4.87. The fraction of sp³-hybridized carbons (Fsp3) is 1.00. The van der Waals surface area contributed by atoms with Crippen LogP contribution in [0.25, 0.3) is 0 Å². The molecule has 0 aromatic rings. The largest absolute Gasteiger partial charge is 0.396 e. The maximum Gasteiger partial charge on any atom is 0.0682 e. The molecule has 2 rings (SSSR count). The zero-order chi connectivity index (χ0) is 12.1. The molecule has 1 heterocycles. The number of ether oxygens (including phenoxy) is 1. The monoisotopic (exact) mass is 240 g/mol. The minimum absolute atomic E-state index is 0.118. The summed E-state index contributed by atoms with van der Waals surface area (Å²) in [6.07, 6.45) is 11.9. The second kappa shape index (κ2) is 6.19. The molecule has 1 saturated heterocycles. The summed E-state index contributed by atoms with van der Waals surface area (Å²) in [4.78, 5) is 0. The van der Waals surface area contributed by atoms with Gasteiger partial charge in [-0.05, 0) is 31.6 Å². The van der Waals surface area contributed by atoms with Crippen LogP contribution in [0.1, 0.15) is 64.7 Å². The van der Waals surface area contributed by atoms with Gasteiger partial charge in [0, 0.05) is 12.0 Å². The number of hydrogen-bond acceptors (Lipinski definition) is 2. The molecule has 1 saturated carbocycles. The SMILES string of the molecule is CCCCCCCC1(CO)CCOC1C1CC1. The van der Waals surface area contributed by atoms with Gasteiger partial charge in [0.05, 0.1) is 12.7 Å². The van der Waals surface area contributed by atoms with Gasteiger partial charge in [-0.1, -0.05) is 39.0 Å². The summed E-state index contributed by atoms with van der Waals surface area (Å²) in [6.45, 7) is 3.46. The van der Waals surface area contributed by atoms with E-state index < -0.39 is 0 Å².